The zero-order chi connectivity index (χ0) is 16.5. The monoisotopic (exact) mass is 336 g/mol. The normalized spacial score (nSPS) is 15.8. The molecule has 4 rings (SSSR count). The number of benzene rings is 1. The Morgan fingerprint density at radius 2 is 2.00 bits per heavy atom. The summed E-state index contributed by atoms with van der Waals surface area (Å²) in [6.45, 7) is 3.97. The predicted molar refractivity (Wildman–Crippen MR) is 99.4 cm³/mol. The van der Waals surface area contributed by atoms with Crippen molar-refractivity contribution in [1.29, 1.82) is 0 Å². The number of carbonyl (C=O) groups excluding carboxylic acids is 1. The fourth-order valence-electron chi connectivity index (χ4n) is 3.29. The summed E-state index contributed by atoms with van der Waals surface area (Å²) in [5.41, 5.74) is 3.61. The molecule has 2 aromatic heterocycles. The van der Waals surface area contributed by atoms with Crippen molar-refractivity contribution in [1.82, 2.24) is 9.88 Å². The molecule has 1 amide bonds. The van der Waals surface area contributed by atoms with E-state index in [4.69, 9.17) is 4.98 Å². The molecule has 3 aromatic rings. The Morgan fingerprint density at radius 3 is 2.75 bits per heavy atom. The number of para-hydroxylation sites is 1. The van der Waals surface area contributed by atoms with Crippen molar-refractivity contribution < 1.29 is 4.79 Å². The summed E-state index contributed by atoms with van der Waals surface area (Å²) in [6.07, 6.45) is 2.18. The minimum absolute atomic E-state index is 0.136. The van der Waals surface area contributed by atoms with Crippen molar-refractivity contribution in [2.75, 3.05) is 13.1 Å². The number of amides is 1. The smallest absolute Gasteiger partial charge is 0.254 e. The molecule has 122 valence electrons. The van der Waals surface area contributed by atoms with Crippen molar-refractivity contribution in [2.45, 2.75) is 19.8 Å². The molecule has 3 nitrogen and oxygen atoms in total. The van der Waals surface area contributed by atoms with Crippen LogP contribution in [0.25, 0.3) is 22.2 Å². The fraction of sp³-hybridized carbons (Fsp3) is 0.300. The molecule has 0 spiro atoms. The van der Waals surface area contributed by atoms with E-state index in [0.717, 1.165) is 53.7 Å². The molecule has 1 fully saturated rings. The third-order valence-corrected chi connectivity index (χ3v) is 5.52. The average molecular weight is 336 g/mol. The lowest BCUT2D eigenvalue weighted by Gasteiger charge is -2.30. The van der Waals surface area contributed by atoms with Gasteiger partial charge in [-0.15, -0.1) is 0 Å². The number of hydrogen-bond donors (Lipinski definition) is 0. The van der Waals surface area contributed by atoms with Gasteiger partial charge in [-0.2, -0.15) is 11.3 Å². The van der Waals surface area contributed by atoms with Crippen LogP contribution in [0.3, 0.4) is 0 Å². The van der Waals surface area contributed by atoms with Crippen LogP contribution >= 0.6 is 11.3 Å². The van der Waals surface area contributed by atoms with Gasteiger partial charge in [0.25, 0.3) is 5.91 Å². The van der Waals surface area contributed by atoms with E-state index >= 15 is 0 Å². The molecule has 0 saturated carbocycles. The first kappa shape index (κ1) is 15.3. The number of carbonyl (C=O) groups is 1. The highest BCUT2D eigenvalue weighted by molar-refractivity contribution is 7.08. The van der Waals surface area contributed by atoms with Crippen molar-refractivity contribution in [2.24, 2.45) is 5.92 Å². The number of rotatable bonds is 2. The maximum absolute atomic E-state index is 13.1. The Hall–Kier alpha value is -2.20. The van der Waals surface area contributed by atoms with E-state index in [1.807, 2.05) is 40.6 Å². The van der Waals surface area contributed by atoms with Crippen LogP contribution < -0.4 is 0 Å². The van der Waals surface area contributed by atoms with E-state index in [1.165, 1.54) is 0 Å². The molecule has 3 heterocycles. The van der Waals surface area contributed by atoms with Crippen molar-refractivity contribution in [3.05, 3.63) is 52.7 Å². The number of nitrogens with zero attached hydrogens (tertiary/aromatic N) is 2. The molecule has 1 aliphatic heterocycles. The molecular formula is C20H20N2OS. The van der Waals surface area contributed by atoms with E-state index < -0.39 is 0 Å². The summed E-state index contributed by atoms with van der Waals surface area (Å²) < 4.78 is 0. The van der Waals surface area contributed by atoms with Crippen LogP contribution in [0.1, 0.15) is 30.1 Å². The van der Waals surface area contributed by atoms with E-state index in [0.29, 0.717) is 5.92 Å². The molecule has 0 bridgehead atoms. The fourth-order valence-corrected chi connectivity index (χ4v) is 3.94. The van der Waals surface area contributed by atoms with Gasteiger partial charge in [0.2, 0.25) is 0 Å². The second-order valence-corrected chi connectivity index (χ2v) is 7.34. The average Bonchev–Trinajstić information content (AvgIpc) is 3.15. The lowest BCUT2D eigenvalue weighted by molar-refractivity contribution is 0.0699. The second kappa shape index (κ2) is 6.36. The minimum Gasteiger partial charge on any atom is -0.339 e. The molecule has 0 radical (unpaired) electrons. The van der Waals surface area contributed by atoms with Crippen LogP contribution in [-0.4, -0.2) is 28.9 Å². The van der Waals surface area contributed by atoms with Gasteiger partial charge in [-0.25, -0.2) is 4.98 Å². The van der Waals surface area contributed by atoms with E-state index in [1.54, 1.807) is 11.3 Å². The highest BCUT2D eigenvalue weighted by Gasteiger charge is 2.23. The lowest BCUT2D eigenvalue weighted by Crippen LogP contribution is -2.38. The molecule has 0 unspecified atom stereocenters. The first-order valence-corrected chi connectivity index (χ1v) is 9.38. The van der Waals surface area contributed by atoms with E-state index in [9.17, 15) is 4.79 Å². The third kappa shape index (κ3) is 2.82. The van der Waals surface area contributed by atoms with Crippen molar-refractivity contribution in [3.63, 3.8) is 0 Å². The molecule has 24 heavy (non-hydrogen) atoms. The predicted octanol–water partition coefficient (Wildman–Crippen LogP) is 4.84. The third-order valence-electron chi connectivity index (χ3n) is 4.83. The lowest BCUT2D eigenvalue weighted by atomic mass is 9.97. The molecule has 1 aliphatic rings. The summed E-state index contributed by atoms with van der Waals surface area (Å²) >= 11 is 1.65. The van der Waals surface area contributed by atoms with Crippen LogP contribution in [0.4, 0.5) is 0 Å². The maximum Gasteiger partial charge on any atom is 0.254 e. The molecular weight excluding hydrogens is 316 g/mol. The van der Waals surface area contributed by atoms with Gasteiger partial charge in [0.15, 0.2) is 0 Å². The van der Waals surface area contributed by atoms with E-state index in [2.05, 4.69) is 18.4 Å². The second-order valence-electron chi connectivity index (χ2n) is 6.56. The number of piperidine rings is 1. The van der Waals surface area contributed by atoms with Gasteiger partial charge in [-0.05, 0) is 42.3 Å². The Bertz CT molecular complexity index is 864. The molecule has 4 heteroatoms. The Labute approximate surface area is 146 Å². The van der Waals surface area contributed by atoms with Gasteiger partial charge >= 0.3 is 0 Å². The number of pyridine rings is 1. The molecule has 0 N–H and O–H groups in total. The Balaban J connectivity index is 1.79. The zero-order valence-electron chi connectivity index (χ0n) is 13.7. The number of fused-ring (bicyclic) bond motifs is 1. The minimum atomic E-state index is 0.136. The van der Waals surface area contributed by atoms with Gasteiger partial charge in [-0.1, -0.05) is 25.1 Å². The summed E-state index contributed by atoms with van der Waals surface area (Å²) in [5.74, 6) is 0.849. The first-order chi connectivity index (χ1) is 11.7. The number of aromatic nitrogens is 1. The van der Waals surface area contributed by atoms with Gasteiger partial charge < -0.3 is 4.90 Å². The van der Waals surface area contributed by atoms with Crippen LogP contribution in [0.2, 0.25) is 0 Å². The number of hydrogen-bond acceptors (Lipinski definition) is 3. The number of thiophene rings is 1. The zero-order valence-corrected chi connectivity index (χ0v) is 14.6. The Kier molecular flexibility index (Phi) is 4.07. The van der Waals surface area contributed by atoms with Crippen LogP contribution in [0.15, 0.2) is 47.2 Å². The Morgan fingerprint density at radius 1 is 1.21 bits per heavy atom. The van der Waals surface area contributed by atoms with Crippen LogP contribution in [0, 0.1) is 5.92 Å². The van der Waals surface area contributed by atoms with Gasteiger partial charge in [0.05, 0.1) is 16.8 Å². The van der Waals surface area contributed by atoms with Gasteiger partial charge in [0, 0.05) is 29.4 Å². The van der Waals surface area contributed by atoms with Gasteiger partial charge in [0.1, 0.15) is 0 Å². The molecule has 1 saturated heterocycles. The topological polar surface area (TPSA) is 33.2 Å². The SMILES string of the molecule is CC1CCN(C(=O)c2cc(-c3ccsc3)nc3ccccc23)CC1. The summed E-state index contributed by atoms with van der Waals surface area (Å²) in [6, 6.07) is 12.0. The standard InChI is InChI=1S/C20H20N2OS/c1-14-6-9-22(10-7-14)20(23)17-12-19(15-8-11-24-13-15)21-18-5-3-2-4-16(17)18/h2-5,8,11-14H,6-7,9-10H2,1H3. The van der Waals surface area contributed by atoms with Crippen LogP contribution in [0.5, 0.6) is 0 Å². The molecule has 0 aliphatic carbocycles. The largest absolute Gasteiger partial charge is 0.339 e. The highest BCUT2D eigenvalue weighted by atomic mass is 32.1. The van der Waals surface area contributed by atoms with E-state index in [-0.39, 0.29) is 5.91 Å². The maximum atomic E-state index is 13.1. The van der Waals surface area contributed by atoms with Crippen LogP contribution in [-0.2, 0) is 0 Å². The molecule has 1 aromatic carbocycles. The number of likely N-dealkylation sites (tertiary alicyclic amines) is 1. The summed E-state index contributed by atoms with van der Waals surface area (Å²) in [5, 5.41) is 5.06. The molecule has 0 atom stereocenters. The highest BCUT2D eigenvalue weighted by Crippen LogP contribution is 2.28. The quantitative estimate of drug-likeness (QED) is 0.671. The summed E-state index contributed by atoms with van der Waals surface area (Å²) in [7, 11) is 0. The van der Waals surface area contributed by atoms with Gasteiger partial charge in [-0.3, -0.25) is 4.79 Å². The van der Waals surface area contributed by atoms with Crippen molar-refractivity contribution >= 4 is 28.1 Å². The summed E-state index contributed by atoms with van der Waals surface area (Å²) in [4.78, 5) is 19.9. The van der Waals surface area contributed by atoms with Crippen molar-refractivity contribution in [3.8, 4) is 11.3 Å². The first-order valence-electron chi connectivity index (χ1n) is 8.44.